The molecular weight excluding hydrogens is 364 g/mol. The van der Waals surface area contributed by atoms with Crippen molar-refractivity contribution in [2.75, 3.05) is 40.4 Å². The van der Waals surface area contributed by atoms with E-state index in [2.05, 4.69) is 10.5 Å². The van der Waals surface area contributed by atoms with Crippen molar-refractivity contribution < 1.29 is 23.6 Å². The van der Waals surface area contributed by atoms with Crippen molar-refractivity contribution in [1.29, 1.82) is 0 Å². The maximum atomic E-state index is 12.9. The second-order valence-electron chi connectivity index (χ2n) is 7.67. The van der Waals surface area contributed by atoms with Gasteiger partial charge in [-0.3, -0.25) is 14.4 Å². The number of amides is 3. The van der Waals surface area contributed by atoms with Crippen LogP contribution in [0.15, 0.2) is 10.6 Å². The molecule has 1 spiro atoms. The standard InChI is InChI=1S/C19H28N4O5/c1-13-11-14(21-28-13)17(25)23-8-5-19(6-9-23)12-15(22(2)18(19)26)16(24)20-7-4-10-27-3/h11,15H,4-10,12H2,1-3H3,(H,20,24)/t15-/m0/s1. The first-order valence-electron chi connectivity index (χ1n) is 9.64. The Hall–Kier alpha value is -2.42. The molecule has 2 aliphatic rings. The van der Waals surface area contributed by atoms with Crippen molar-refractivity contribution in [3.63, 3.8) is 0 Å². The van der Waals surface area contributed by atoms with Crippen LogP contribution in [0.5, 0.6) is 0 Å². The van der Waals surface area contributed by atoms with Gasteiger partial charge in [-0.25, -0.2) is 0 Å². The molecule has 154 valence electrons. The highest BCUT2D eigenvalue weighted by Crippen LogP contribution is 2.44. The van der Waals surface area contributed by atoms with Crippen LogP contribution in [0.4, 0.5) is 0 Å². The second kappa shape index (κ2) is 8.30. The number of carbonyl (C=O) groups excluding carboxylic acids is 3. The molecule has 9 nitrogen and oxygen atoms in total. The molecule has 1 N–H and O–H groups in total. The molecule has 0 radical (unpaired) electrons. The summed E-state index contributed by atoms with van der Waals surface area (Å²) in [6.07, 6.45) is 2.32. The fraction of sp³-hybridized carbons (Fsp3) is 0.684. The lowest BCUT2D eigenvalue weighted by atomic mass is 9.76. The molecule has 2 fully saturated rings. The Bertz CT molecular complexity index is 738. The number of piperidine rings is 1. The number of methoxy groups -OCH3 is 1. The first kappa shape index (κ1) is 20.3. The van der Waals surface area contributed by atoms with Crippen molar-refractivity contribution in [3.05, 3.63) is 17.5 Å². The van der Waals surface area contributed by atoms with E-state index in [0.717, 1.165) is 6.42 Å². The number of rotatable bonds is 6. The van der Waals surface area contributed by atoms with E-state index in [-0.39, 0.29) is 23.4 Å². The zero-order valence-corrected chi connectivity index (χ0v) is 16.7. The molecule has 3 rings (SSSR count). The highest BCUT2D eigenvalue weighted by atomic mass is 16.5. The Morgan fingerprint density at radius 2 is 2.11 bits per heavy atom. The monoisotopic (exact) mass is 392 g/mol. The largest absolute Gasteiger partial charge is 0.385 e. The van der Waals surface area contributed by atoms with Gasteiger partial charge in [-0.2, -0.15) is 0 Å². The predicted octanol–water partition coefficient (Wildman–Crippen LogP) is 0.589. The zero-order valence-electron chi connectivity index (χ0n) is 16.7. The van der Waals surface area contributed by atoms with E-state index in [1.807, 2.05) is 0 Å². The van der Waals surface area contributed by atoms with Gasteiger partial charge in [-0.15, -0.1) is 0 Å². The van der Waals surface area contributed by atoms with Crippen molar-refractivity contribution in [2.24, 2.45) is 5.41 Å². The van der Waals surface area contributed by atoms with Gasteiger partial charge < -0.3 is 24.4 Å². The minimum atomic E-state index is -0.570. The van der Waals surface area contributed by atoms with Gasteiger partial charge in [0.15, 0.2) is 5.69 Å². The van der Waals surface area contributed by atoms with E-state index in [9.17, 15) is 14.4 Å². The van der Waals surface area contributed by atoms with Crippen LogP contribution < -0.4 is 5.32 Å². The van der Waals surface area contributed by atoms with Gasteiger partial charge in [0, 0.05) is 46.5 Å². The van der Waals surface area contributed by atoms with Gasteiger partial charge in [0.2, 0.25) is 11.8 Å². The van der Waals surface area contributed by atoms with Crippen LogP contribution in [0.25, 0.3) is 0 Å². The number of nitrogens with zero attached hydrogens (tertiary/aromatic N) is 3. The van der Waals surface area contributed by atoms with Gasteiger partial charge in [0.05, 0.1) is 5.41 Å². The molecule has 1 aromatic heterocycles. The average Bonchev–Trinajstić information content (AvgIpc) is 3.23. The molecule has 3 heterocycles. The second-order valence-corrected chi connectivity index (χ2v) is 7.67. The highest BCUT2D eigenvalue weighted by molar-refractivity contribution is 5.95. The summed E-state index contributed by atoms with van der Waals surface area (Å²) in [7, 11) is 3.31. The van der Waals surface area contributed by atoms with Crippen LogP contribution in [-0.4, -0.2) is 79.1 Å². The van der Waals surface area contributed by atoms with Crippen molar-refractivity contribution in [2.45, 2.75) is 38.6 Å². The Balaban J connectivity index is 1.59. The Morgan fingerprint density at radius 3 is 2.71 bits per heavy atom. The molecule has 0 aliphatic carbocycles. The summed E-state index contributed by atoms with van der Waals surface area (Å²) in [5.74, 6) is 0.274. The predicted molar refractivity (Wildman–Crippen MR) is 99.5 cm³/mol. The van der Waals surface area contributed by atoms with Crippen LogP contribution in [0.1, 0.15) is 41.9 Å². The summed E-state index contributed by atoms with van der Waals surface area (Å²) in [6, 6.07) is 1.15. The van der Waals surface area contributed by atoms with Crippen molar-refractivity contribution >= 4 is 17.7 Å². The van der Waals surface area contributed by atoms with Crippen LogP contribution in [0, 0.1) is 12.3 Å². The zero-order chi connectivity index (χ0) is 20.3. The highest BCUT2D eigenvalue weighted by Gasteiger charge is 2.53. The van der Waals surface area contributed by atoms with Gasteiger partial charge in [0.25, 0.3) is 5.91 Å². The minimum Gasteiger partial charge on any atom is -0.385 e. The number of aryl methyl sites for hydroxylation is 1. The normalized spacial score (nSPS) is 21.4. The van der Waals surface area contributed by atoms with E-state index in [4.69, 9.17) is 9.26 Å². The van der Waals surface area contributed by atoms with Crippen LogP contribution >= 0.6 is 0 Å². The topological polar surface area (TPSA) is 105 Å². The number of likely N-dealkylation sites (tertiary alicyclic amines) is 2. The molecule has 1 aromatic rings. The van der Waals surface area contributed by atoms with Gasteiger partial charge in [0.1, 0.15) is 11.8 Å². The van der Waals surface area contributed by atoms with Crippen LogP contribution in [0.2, 0.25) is 0 Å². The van der Waals surface area contributed by atoms with Crippen molar-refractivity contribution in [3.8, 4) is 0 Å². The van der Waals surface area contributed by atoms with Crippen LogP contribution in [0.3, 0.4) is 0 Å². The molecule has 3 amide bonds. The summed E-state index contributed by atoms with van der Waals surface area (Å²) in [5.41, 5.74) is -0.281. The van der Waals surface area contributed by atoms with Gasteiger partial charge in [-0.05, 0) is 32.6 Å². The quantitative estimate of drug-likeness (QED) is 0.711. The average molecular weight is 392 g/mol. The number of hydrogen-bond donors (Lipinski definition) is 1. The third kappa shape index (κ3) is 3.89. The summed E-state index contributed by atoms with van der Waals surface area (Å²) >= 11 is 0. The first-order chi connectivity index (χ1) is 13.4. The Labute approximate surface area is 164 Å². The molecule has 0 saturated carbocycles. The van der Waals surface area contributed by atoms with E-state index in [1.54, 1.807) is 36.9 Å². The van der Waals surface area contributed by atoms with E-state index >= 15 is 0 Å². The van der Waals surface area contributed by atoms with Gasteiger partial charge >= 0.3 is 0 Å². The Morgan fingerprint density at radius 1 is 1.39 bits per heavy atom. The molecule has 0 bridgehead atoms. The SMILES string of the molecule is COCCCNC(=O)[C@@H]1CC2(CCN(C(=O)c3cc(C)on3)CC2)C(=O)N1C. The fourth-order valence-electron chi connectivity index (χ4n) is 4.11. The lowest BCUT2D eigenvalue weighted by molar-refractivity contribution is -0.139. The number of ether oxygens (including phenoxy) is 1. The molecule has 0 unspecified atom stereocenters. The van der Waals surface area contributed by atoms with E-state index in [0.29, 0.717) is 51.3 Å². The number of carbonyl (C=O) groups is 3. The molecule has 2 aliphatic heterocycles. The molecule has 2 saturated heterocycles. The molecule has 9 heteroatoms. The lowest BCUT2D eigenvalue weighted by Gasteiger charge is -2.37. The molecular formula is C19H28N4O5. The number of hydrogen-bond acceptors (Lipinski definition) is 6. The number of likely N-dealkylation sites (N-methyl/N-ethyl adjacent to an activating group) is 1. The number of aromatic nitrogens is 1. The summed E-state index contributed by atoms with van der Waals surface area (Å²) in [6.45, 7) is 3.78. The summed E-state index contributed by atoms with van der Waals surface area (Å²) < 4.78 is 9.96. The van der Waals surface area contributed by atoms with E-state index < -0.39 is 11.5 Å². The summed E-state index contributed by atoms with van der Waals surface area (Å²) in [4.78, 5) is 41.2. The maximum absolute atomic E-state index is 12.9. The van der Waals surface area contributed by atoms with Gasteiger partial charge in [-0.1, -0.05) is 5.16 Å². The molecule has 1 atom stereocenters. The lowest BCUT2D eigenvalue weighted by Crippen LogP contribution is -2.46. The maximum Gasteiger partial charge on any atom is 0.276 e. The smallest absolute Gasteiger partial charge is 0.276 e. The van der Waals surface area contributed by atoms with E-state index in [1.165, 1.54) is 0 Å². The van der Waals surface area contributed by atoms with Crippen molar-refractivity contribution in [1.82, 2.24) is 20.3 Å². The summed E-state index contributed by atoms with van der Waals surface area (Å²) in [5, 5.41) is 6.67. The fourth-order valence-corrected chi connectivity index (χ4v) is 4.11. The third-order valence-electron chi connectivity index (χ3n) is 5.81. The molecule has 28 heavy (non-hydrogen) atoms. The van der Waals surface area contributed by atoms with Crippen LogP contribution in [-0.2, 0) is 14.3 Å². The number of nitrogens with one attached hydrogen (secondary N) is 1. The first-order valence-corrected chi connectivity index (χ1v) is 9.64. The molecule has 0 aromatic carbocycles. The Kier molecular flexibility index (Phi) is 6.02. The minimum absolute atomic E-state index is 0.00563. The third-order valence-corrected chi connectivity index (χ3v) is 5.81.